The average molecular weight is 455 g/mol. The van der Waals surface area contributed by atoms with Crippen LogP contribution >= 0.6 is 11.3 Å². The summed E-state index contributed by atoms with van der Waals surface area (Å²) in [4.78, 5) is 20.0. The fraction of sp³-hybridized carbons (Fsp3) is 0.0833. The molecule has 3 aromatic heterocycles. The molecule has 0 radical (unpaired) electrons. The minimum Gasteiger partial charge on any atom is -0.465 e. The lowest BCUT2D eigenvalue weighted by atomic mass is 10.2. The maximum atomic E-state index is 10.5. The molecule has 0 aliphatic carbocycles. The van der Waals surface area contributed by atoms with Crippen molar-refractivity contribution in [3.05, 3.63) is 77.6 Å². The zero-order valence-electron chi connectivity index (χ0n) is 17.3. The molecule has 0 unspecified atom stereocenters. The van der Waals surface area contributed by atoms with Crippen molar-refractivity contribution in [2.45, 2.75) is 6.54 Å². The fourth-order valence-electron chi connectivity index (χ4n) is 3.44. The van der Waals surface area contributed by atoms with E-state index in [1.807, 2.05) is 53.3 Å². The Bertz CT molecular complexity index is 1510. The monoisotopic (exact) mass is 454 g/mol. The zero-order chi connectivity index (χ0) is 22.6. The molecule has 33 heavy (non-hydrogen) atoms. The Hall–Kier alpha value is -4.42. The van der Waals surface area contributed by atoms with Gasteiger partial charge in [0.1, 0.15) is 6.33 Å². The molecule has 0 spiro atoms. The maximum absolute atomic E-state index is 10.5. The smallest absolute Gasteiger partial charge is 0.405 e. The van der Waals surface area contributed by atoms with Crippen LogP contribution in [-0.4, -0.2) is 37.5 Å². The molecule has 0 atom stereocenters. The number of anilines is 2. The second-order valence-electron chi connectivity index (χ2n) is 7.19. The lowest BCUT2D eigenvalue weighted by Crippen LogP contribution is -2.20. The Labute approximate surface area is 192 Å². The molecule has 0 saturated heterocycles. The van der Waals surface area contributed by atoms with Gasteiger partial charge in [-0.25, -0.2) is 14.8 Å². The Morgan fingerprint density at radius 1 is 1.12 bits per heavy atom. The summed E-state index contributed by atoms with van der Waals surface area (Å²) in [5.41, 5.74) is 3.93. The Kier molecular flexibility index (Phi) is 5.57. The molecular formula is C24H18N6O2S. The van der Waals surface area contributed by atoms with Crippen LogP contribution in [-0.2, 0) is 6.54 Å². The number of amides is 1. The molecular weight excluding hydrogens is 436 g/mol. The first-order valence-electron chi connectivity index (χ1n) is 10.1. The SMILES string of the molecule is O=C(O)NCC#Cc1cc2ncnc(Nc3ccc4c(cnn4Cc4ccccc4)c3)c2s1. The molecule has 5 aromatic rings. The highest BCUT2D eigenvalue weighted by Crippen LogP contribution is 2.31. The van der Waals surface area contributed by atoms with Gasteiger partial charge in [-0.2, -0.15) is 5.10 Å². The number of nitrogens with one attached hydrogen (secondary N) is 2. The van der Waals surface area contributed by atoms with Crippen molar-refractivity contribution in [1.29, 1.82) is 0 Å². The lowest BCUT2D eigenvalue weighted by Gasteiger charge is -2.07. The predicted molar refractivity (Wildman–Crippen MR) is 129 cm³/mol. The third kappa shape index (κ3) is 4.61. The largest absolute Gasteiger partial charge is 0.465 e. The summed E-state index contributed by atoms with van der Waals surface area (Å²) >= 11 is 1.46. The molecule has 2 aromatic carbocycles. The van der Waals surface area contributed by atoms with Crippen molar-refractivity contribution in [3.8, 4) is 11.8 Å². The van der Waals surface area contributed by atoms with Crippen molar-refractivity contribution in [2.24, 2.45) is 0 Å². The minimum atomic E-state index is -1.10. The zero-order valence-corrected chi connectivity index (χ0v) is 18.1. The standard InChI is InChI=1S/C24H18N6O2S/c31-24(32)25-10-4-7-19-12-20-22(33-19)23(27-15-26-20)29-18-8-9-21-17(11-18)13-28-30(21)14-16-5-2-1-3-6-16/h1-3,5-6,8-9,11-13,15,25H,10,14H2,(H,31,32)(H,26,27,29). The Morgan fingerprint density at radius 3 is 2.85 bits per heavy atom. The fourth-order valence-corrected chi connectivity index (χ4v) is 4.37. The van der Waals surface area contributed by atoms with Gasteiger partial charge in [0.15, 0.2) is 5.82 Å². The van der Waals surface area contributed by atoms with Gasteiger partial charge in [0.05, 0.1) is 39.9 Å². The van der Waals surface area contributed by atoms with Crippen LogP contribution in [0, 0.1) is 11.8 Å². The Balaban J connectivity index is 1.37. The molecule has 0 aliphatic heterocycles. The summed E-state index contributed by atoms with van der Waals surface area (Å²) < 4.78 is 2.87. The third-order valence-electron chi connectivity index (χ3n) is 4.93. The number of carbonyl (C=O) groups is 1. The van der Waals surface area contributed by atoms with Gasteiger partial charge < -0.3 is 15.7 Å². The molecule has 9 heteroatoms. The molecule has 5 rings (SSSR count). The highest BCUT2D eigenvalue weighted by molar-refractivity contribution is 7.20. The molecule has 3 heterocycles. The lowest BCUT2D eigenvalue weighted by molar-refractivity contribution is 0.196. The molecule has 1 amide bonds. The minimum absolute atomic E-state index is 0.0678. The summed E-state index contributed by atoms with van der Waals surface area (Å²) in [6.07, 6.45) is 2.28. The molecule has 0 bridgehead atoms. The van der Waals surface area contributed by atoms with E-state index in [0.29, 0.717) is 12.4 Å². The quantitative estimate of drug-likeness (QED) is 0.339. The maximum Gasteiger partial charge on any atom is 0.405 e. The first-order valence-corrected chi connectivity index (χ1v) is 10.9. The van der Waals surface area contributed by atoms with Crippen LogP contribution in [0.25, 0.3) is 21.1 Å². The predicted octanol–water partition coefficient (Wildman–Crippen LogP) is 4.45. The van der Waals surface area contributed by atoms with Gasteiger partial charge in [-0.1, -0.05) is 42.2 Å². The van der Waals surface area contributed by atoms with Crippen molar-refractivity contribution < 1.29 is 9.90 Å². The van der Waals surface area contributed by atoms with Gasteiger partial charge in [0.2, 0.25) is 0 Å². The highest BCUT2D eigenvalue weighted by atomic mass is 32.1. The van der Waals surface area contributed by atoms with Crippen LogP contribution in [0.3, 0.4) is 0 Å². The molecule has 162 valence electrons. The van der Waals surface area contributed by atoms with E-state index in [1.165, 1.54) is 23.2 Å². The van der Waals surface area contributed by atoms with E-state index in [-0.39, 0.29) is 6.54 Å². The van der Waals surface area contributed by atoms with E-state index in [9.17, 15) is 4.79 Å². The highest BCUT2D eigenvalue weighted by Gasteiger charge is 2.10. The third-order valence-corrected chi connectivity index (χ3v) is 5.98. The summed E-state index contributed by atoms with van der Waals surface area (Å²) in [6, 6.07) is 18.2. The van der Waals surface area contributed by atoms with Crippen LogP contribution < -0.4 is 10.6 Å². The van der Waals surface area contributed by atoms with Crippen molar-refractivity contribution in [2.75, 3.05) is 11.9 Å². The normalized spacial score (nSPS) is 10.7. The second kappa shape index (κ2) is 8.98. The Morgan fingerprint density at radius 2 is 2.00 bits per heavy atom. The van der Waals surface area contributed by atoms with Crippen LogP contribution in [0.15, 0.2) is 67.1 Å². The number of hydrogen-bond donors (Lipinski definition) is 3. The summed E-state index contributed by atoms with van der Waals surface area (Å²) in [6.45, 7) is 0.781. The number of thiophene rings is 1. The van der Waals surface area contributed by atoms with Crippen LogP contribution in [0.5, 0.6) is 0 Å². The average Bonchev–Trinajstić information content (AvgIpc) is 3.42. The van der Waals surface area contributed by atoms with Crippen molar-refractivity contribution >= 4 is 50.1 Å². The molecule has 0 aliphatic rings. The van der Waals surface area contributed by atoms with E-state index in [2.05, 4.69) is 49.7 Å². The first-order chi connectivity index (χ1) is 16.2. The van der Waals surface area contributed by atoms with E-state index in [4.69, 9.17) is 5.11 Å². The van der Waals surface area contributed by atoms with Crippen molar-refractivity contribution in [3.63, 3.8) is 0 Å². The molecule has 8 nitrogen and oxygen atoms in total. The first kappa shape index (κ1) is 20.5. The number of nitrogens with zero attached hydrogens (tertiary/aromatic N) is 4. The van der Waals surface area contributed by atoms with Gasteiger partial charge in [-0.3, -0.25) is 4.68 Å². The topological polar surface area (TPSA) is 105 Å². The summed E-state index contributed by atoms with van der Waals surface area (Å²) in [5, 5.41) is 19.8. The van der Waals surface area contributed by atoms with Crippen LogP contribution in [0.4, 0.5) is 16.3 Å². The van der Waals surface area contributed by atoms with Gasteiger partial charge in [0, 0.05) is 11.1 Å². The number of rotatable bonds is 5. The van der Waals surface area contributed by atoms with Crippen LogP contribution in [0.2, 0.25) is 0 Å². The molecule has 3 N–H and O–H groups in total. The summed E-state index contributed by atoms with van der Waals surface area (Å²) in [7, 11) is 0. The number of aromatic nitrogens is 4. The molecule has 0 saturated carbocycles. The van der Waals surface area contributed by atoms with E-state index >= 15 is 0 Å². The number of benzene rings is 2. The number of carboxylic acid groups (broad SMARTS) is 1. The summed E-state index contributed by atoms with van der Waals surface area (Å²) in [5.74, 6) is 6.45. The van der Waals surface area contributed by atoms with Gasteiger partial charge in [-0.05, 0) is 29.8 Å². The van der Waals surface area contributed by atoms with Gasteiger partial charge in [0.25, 0.3) is 0 Å². The van der Waals surface area contributed by atoms with Crippen molar-refractivity contribution in [1.82, 2.24) is 25.1 Å². The number of hydrogen-bond acceptors (Lipinski definition) is 6. The van der Waals surface area contributed by atoms with E-state index < -0.39 is 6.09 Å². The molecule has 0 fully saturated rings. The van der Waals surface area contributed by atoms with Crippen LogP contribution in [0.1, 0.15) is 10.4 Å². The van der Waals surface area contributed by atoms with Gasteiger partial charge >= 0.3 is 6.09 Å². The van der Waals surface area contributed by atoms with Gasteiger partial charge in [-0.15, -0.1) is 11.3 Å². The second-order valence-corrected chi connectivity index (χ2v) is 8.25. The van der Waals surface area contributed by atoms with E-state index in [0.717, 1.165) is 31.7 Å². The van der Waals surface area contributed by atoms with E-state index in [1.54, 1.807) is 0 Å². The number of fused-ring (bicyclic) bond motifs is 2.